The Bertz CT molecular complexity index is 517. The summed E-state index contributed by atoms with van der Waals surface area (Å²) in [5.74, 6) is -1.02. The fourth-order valence-corrected chi connectivity index (χ4v) is 2.07. The first kappa shape index (κ1) is 13.3. The molecule has 1 saturated heterocycles. The molecule has 1 aromatic carbocycles. The molecule has 0 radical (unpaired) electrons. The lowest BCUT2D eigenvalue weighted by Gasteiger charge is -2.33. The zero-order chi connectivity index (χ0) is 14.0. The molecule has 1 atom stereocenters. The van der Waals surface area contributed by atoms with Crippen LogP contribution in [0.4, 0.5) is 11.4 Å². The monoisotopic (exact) mass is 266 g/mol. The van der Waals surface area contributed by atoms with Crippen molar-refractivity contribution in [2.45, 2.75) is 13.0 Å². The van der Waals surface area contributed by atoms with Gasteiger partial charge in [-0.05, 0) is 12.5 Å². The predicted molar refractivity (Wildman–Crippen MR) is 67.4 cm³/mol. The second-order valence-electron chi connectivity index (χ2n) is 4.37. The maximum Gasteiger partial charge on any atom is 0.334 e. The van der Waals surface area contributed by atoms with Crippen molar-refractivity contribution in [1.82, 2.24) is 0 Å². The van der Waals surface area contributed by atoms with Crippen molar-refractivity contribution in [3.05, 3.63) is 33.9 Å². The van der Waals surface area contributed by atoms with Crippen LogP contribution in [0.1, 0.15) is 5.56 Å². The molecule has 1 unspecified atom stereocenters. The van der Waals surface area contributed by atoms with E-state index < -0.39 is 17.0 Å². The highest BCUT2D eigenvalue weighted by atomic mass is 16.6. The molecular formula is C12H14N2O5. The number of rotatable bonds is 3. The lowest BCUT2D eigenvalue weighted by atomic mass is 10.1. The summed E-state index contributed by atoms with van der Waals surface area (Å²) >= 11 is 0. The van der Waals surface area contributed by atoms with Crippen molar-refractivity contribution in [2.75, 3.05) is 24.6 Å². The molecule has 0 amide bonds. The zero-order valence-electron chi connectivity index (χ0n) is 10.4. The summed E-state index contributed by atoms with van der Waals surface area (Å²) < 4.78 is 5.13. The van der Waals surface area contributed by atoms with Crippen LogP contribution >= 0.6 is 0 Å². The first-order valence-electron chi connectivity index (χ1n) is 5.83. The molecule has 1 aromatic rings. The van der Waals surface area contributed by atoms with Gasteiger partial charge in [0.05, 0.1) is 18.1 Å². The number of nitrogens with zero attached hydrogens (tertiary/aromatic N) is 2. The van der Waals surface area contributed by atoms with Crippen LogP contribution in [0, 0.1) is 17.0 Å². The van der Waals surface area contributed by atoms with E-state index in [9.17, 15) is 14.9 Å². The summed E-state index contributed by atoms with van der Waals surface area (Å²) in [6.45, 7) is 2.84. The Balaban J connectivity index is 2.27. The lowest BCUT2D eigenvalue weighted by Crippen LogP contribution is -2.46. The number of aliphatic carboxylic acids is 1. The number of carbonyl (C=O) groups is 1. The van der Waals surface area contributed by atoms with Crippen LogP contribution in [-0.4, -0.2) is 41.8 Å². The Labute approximate surface area is 109 Å². The van der Waals surface area contributed by atoms with Crippen molar-refractivity contribution in [1.29, 1.82) is 0 Å². The third-order valence-corrected chi connectivity index (χ3v) is 3.09. The fraction of sp³-hybridized carbons (Fsp3) is 0.417. The average molecular weight is 266 g/mol. The van der Waals surface area contributed by atoms with E-state index in [-0.39, 0.29) is 12.2 Å². The summed E-state index contributed by atoms with van der Waals surface area (Å²) in [5.41, 5.74) is 1.55. The minimum absolute atomic E-state index is 0.000957. The highest BCUT2D eigenvalue weighted by Crippen LogP contribution is 2.27. The van der Waals surface area contributed by atoms with Crippen molar-refractivity contribution in [3.63, 3.8) is 0 Å². The molecule has 0 aromatic heterocycles. The third-order valence-electron chi connectivity index (χ3n) is 3.09. The van der Waals surface area contributed by atoms with Crippen LogP contribution in [0.2, 0.25) is 0 Å². The largest absolute Gasteiger partial charge is 0.479 e. The minimum Gasteiger partial charge on any atom is -0.479 e. The second kappa shape index (κ2) is 5.23. The van der Waals surface area contributed by atoms with E-state index in [1.165, 1.54) is 12.1 Å². The molecule has 1 fully saturated rings. The van der Waals surface area contributed by atoms with Crippen LogP contribution in [0.15, 0.2) is 18.2 Å². The van der Waals surface area contributed by atoms with Gasteiger partial charge in [0.1, 0.15) is 0 Å². The van der Waals surface area contributed by atoms with Crippen molar-refractivity contribution < 1.29 is 19.6 Å². The highest BCUT2D eigenvalue weighted by Gasteiger charge is 2.27. The summed E-state index contributed by atoms with van der Waals surface area (Å²) in [6.07, 6.45) is -0.896. The molecule has 1 aliphatic heterocycles. The summed E-state index contributed by atoms with van der Waals surface area (Å²) in [7, 11) is 0. The number of ether oxygens (including phenoxy) is 1. The average Bonchev–Trinajstić information content (AvgIpc) is 2.39. The normalized spacial score (nSPS) is 19.2. The number of benzene rings is 1. The molecule has 2 rings (SSSR count). The van der Waals surface area contributed by atoms with Gasteiger partial charge in [-0.3, -0.25) is 10.1 Å². The SMILES string of the molecule is Cc1ccc([N+](=O)[O-])cc1N1CCOC(C(=O)O)C1. The Morgan fingerprint density at radius 3 is 2.95 bits per heavy atom. The Morgan fingerprint density at radius 1 is 1.58 bits per heavy atom. The van der Waals surface area contributed by atoms with Gasteiger partial charge in [-0.2, -0.15) is 0 Å². The van der Waals surface area contributed by atoms with E-state index in [1.807, 2.05) is 11.8 Å². The molecule has 0 bridgehead atoms. The first-order chi connectivity index (χ1) is 8.99. The van der Waals surface area contributed by atoms with Gasteiger partial charge in [0.25, 0.3) is 5.69 Å². The smallest absolute Gasteiger partial charge is 0.334 e. The maximum atomic E-state index is 10.9. The molecular weight excluding hydrogens is 252 g/mol. The predicted octanol–water partition coefficient (Wildman–Crippen LogP) is 1.19. The number of morpholine rings is 1. The summed E-state index contributed by atoms with van der Waals surface area (Å²) in [4.78, 5) is 23.1. The Hall–Kier alpha value is -2.15. The topological polar surface area (TPSA) is 92.9 Å². The number of aryl methyl sites for hydroxylation is 1. The molecule has 7 heteroatoms. The van der Waals surface area contributed by atoms with Crippen LogP contribution < -0.4 is 4.90 Å². The molecule has 7 nitrogen and oxygen atoms in total. The lowest BCUT2D eigenvalue weighted by molar-refractivity contribution is -0.384. The van der Waals surface area contributed by atoms with Gasteiger partial charge in [-0.15, -0.1) is 0 Å². The number of carboxylic acid groups (broad SMARTS) is 1. The van der Waals surface area contributed by atoms with Crippen LogP contribution in [0.5, 0.6) is 0 Å². The van der Waals surface area contributed by atoms with Crippen molar-refractivity contribution in [2.24, 2.45) is 0 Å². The van der Waals surface area contributed by atoms with E-state index >= 15 is 0 Å². The molecule has 1 N–H and O–H groups in total. The van der Waals surface area contributed by atoms with Gasteiger partial charge in [-0.25, -0.2) is 4.79 Å². The van der Waals surface area contributed by atoms with E-state index in [2.05, 4.69) is 0 Å². The second-order valence-corrected chi connectivity index (χ2v) is 4.37. The van der Waals surface area contributed by atoms with Crippen LogP contribution in [0.3, 0.4) is 0 Å². The van der Waals surface area contributed by atoms with Crippen LogP contribution in [0.25, 0.3) is 0 Å². The standard InChI is InChI=1S/C12H14N2O5/c1-8-2-3-9(14(17)18)6-10(8)13-4-5-19-11(7-13)12(15)16/h2-3,6,11H,4-5,7H2,1H3,(H,15,16). The quantitative estimate of drug-likeness (QED) is 0.652. The minimum atomic E-state index is -1.02. The molecule has 0 spiro atoms. The van der Waals surface area contributed by atoms with Crippen LogP contribution in [-0.2, 0) is 9.53 Å². The number of anilines is 1. The highest BCUT2D eigenvalue weighted by molar-refractivity contribution is 5.74. The zero-order valence-corrected chi connectivity index (χ0v) is 10.4. The van der Waals surface area contributed by atoms with E-state index in [0.717, 1.165) is 5.56 Å². The van der Waals surface area contributed by atoms with Gasteiger partial charge in [0.2, 0.25) is 0 Å². The van der Waals surface area contributed by atoms with E-state index in [0.29, 0.717) is 18.8 Å². The number of nitro benzene ring substituents is 1. The van der Waals surface area contributed by atoms with Gasteiger partial charge < -0.3 is 14.7 Å². The van der Waals surface area contributed by atoms with E-state index in [1.54, 1.807) is 6.07 Å². The molecule has 1 aliphatic rings. The van der Waals surface area contributed by atoms with Crippen molar-refractivity contribution in [3.8, 4) is 0 Å². The molecule has 0 saturated carbocycles. The summed E-state index contributed by atoms with van der Waals surface area (Å²) in [5, 5.41) is 19.7. The summed E-state index contributed by atoms with van der Waals surface area (Å²) in [6, 6.07) is 4.58. The number of hydrogen-bond acceptors (Lipinski definition) is 5. The Morgan fingerprint density at radius 2 is 2.32 bits per heavy atom. The number of carboxylic acids is 1. The first-order valence-corrected chi connectivity index (χ1v) is 5.83. The van der Waals surface area contributed by atoms with Gasteiger partial charge >= 0.3 is 5.97 Å². The van der Waals surface area contributed by atoms with Crippen molar-refractivity contribution >= 4 is 17.3 Å². The fourth-order valence-electron chi connectivity index (χ4n) is 2.07. The molecule has 0 aliphatic carbocycles. The molecule has 1 heterocycles. The van der Waals surface area contributed by atoms with Gasteiger partial charge in [-0.1, -0.05) is 6.07 Å². The third kappa shape index (κ3) is 2.82. The van der Waals surface area contributed by atoms with Gasteiger partial charge in [0.15, 0.2) is 6.10 Å². The maximum absolute atomic E-state index is 10.9. The molecule has 19 heavy (non-hydrogen) atoms. The number of nitro groups is 1. The molecule has 102 valence electrons. The van der Waals surface area contributed by atoms with Gasteiger partial charge in [0, 0.05) is 24.4 Å². The number of hydrogen-bond donors (Lipinski definition) is 1. The Kier molecular flexibility index (Phi) is 3.66. The number of non-ortho nitro benzene ring substituents is 1. The van der Waals surface area contributed by atoms with E-state index in [4.69, 9.17) is 9.84 Å².